The van der Waals surface area contributed by atoms with Gasteiger partial charge in [0.05, 0.1) is 6.54 Å². The molecule has 0 radical (unpaired) electrons. The zero-order chi connectivity index (χ0) is 11.3. The van der Waals surface area contributed by atoms with Crippen molar-refractivity contribution in [3.05, 3.63) is 0 Å². The zero-order valence-corrected chi connectivity index (χ0v) is 8.95. The van der Waals surface area contributed by atoms with Crippen LogP contribution in [0.15, 0.2) is 0 Å². The number of nitrogens with one attached hydrogen (secondary N) is 2. The highest BCUT2D eigenvalue weighted by Crippen LogP contribution is 2.06. The second-order valence-corrected chi connectivity index (χ2v) is 3.74. The van der Waals surface area contributed by atoms with Gasteiger partial charge in [0.1, 0.15) is 0 Å². The van der Waals surface area contributed by atoms with Crippen molar-refractivity contribution in [3.8, 4) is 0 Å². The molecule has 0 aliphatic carbocycles. The minimum absolute atomic E-state index is 0.253. The van der Waals surface area contributed by atoms with Crippen LogP contribution in [0.5, 0.6) is 0 Å². The van der Waals surface area contributed by atoms with E-state index < -0.39 is 6.03 Å². The maximum absolute atomic E-state index is 11.3. The lowest BCUT2D eigenvalue weighted by atomic mass is 10.1. The molecule has 0 atom stereocenters. The number of imide groups is 1. The molecule has 1 rings (SSSR count). The van der Waals surface area contributed by atoms with Gasteiger partial charge < -0.3 is 11.1 Å². The fraction of sp³-hybridized carbons (Fsp3) is 0.778. The number of hydrogen-bond acceptors (Lipinski definition) is 4. The van der Waals surface area contributed by atoms with Crippen molar-refractivity contribution in [2.45, 2.75) is 18.9 Å². The second-order valence-electron chi connectivity index (χ2n) is 3.74. The predicted octanol–water partition coefficient (Wildman–Crippen LogP) is -1.13. The minimum atomic E-state index is -0.464. The molecule has 1 fully saturated rings. The smallest absolute Gasteiger partial charge is 0.321 e. The van der Waals surface area contributed by atoms with Crippen LogP contribution in [0.25, 0.3) is 0 Å². The average Bonchev–Trinajstić information content (AvgIpc) is 2.21. The molecule has 3 amide bonds. The lowest BCUT2D eigenvalue weighted by Gasteiger charge is -2.29. The van der Waals surface area contributed by atoms with Gasteiger partial charge in [0.15, 0.2) is 0 Å². The fourth-order valence-electron chi connectivity index (χ4n) is 1.54. The van der Waals surface area contributed by atoms with Crippen molar-refractivity contribution < 1.29 is 9.59 Å². The number of urea groups is 1. The van der Waals surface area contributed by atoms with Gasteiger partial charge in [-0.25, -0.2) is 4.79 Å². The average molecular weight is 214 g/mol. The van der Waals surface area contributed by atoms with Crippen molar-refractivity contribution in [1.82, 2.24) is 15.5 Å². The summed E-state index contributed by atoms with van der Waals surface area (Å²) < 4.78 is 0. The van der Waals surface area contributed by atoms with Gasteiger partial charge in [0, 0.05) is 26.2 Å². The number of carbonyl (C=O) groups is 2. The van der Waals surface area contributed by atoms with E-state index in [4.69, 9.17) is 5.73 Å². The zero-order valence-electron chi connectivity index (χ0n) is 8.95. The number of nitrogens with zero attached hydrogens (tertiary/aromatic N) is 1. The van der Waals surface area contributed by atoms with Crippen LogP contribution in [0, 0.1) is 0 Å². The SMILES string of the molecule is CNC(=O)NC(=O)CN1CCC(N)CC1. The minimum Gasteiger partial charge on any atom is -0.341 e. The van der Waals surface area contributed by atoms with Gasteiger partial charge in [-0.3, -0.25) is 15.0 Å². The van der Waals surface area contributed by atoms with Crippen LogP contribution < -0.4 is 16.4 Å². The lowest BCUT2D eigenvalue weighted by molar-refractivity contribution is -0.121. The topological polar surface area (TPSA) is 87.5 Å². The summed E-state index contributed by atoms with van der Waals surface area (Å²) in [5, 5.41) is 4.56. The number of likely N-dealkylation sites (tertiary alicyclic amines) is 1. The Labute approximate surface area is 89.2 Å². The first kappa shape index (κ1) is 11.9. The molecule has 0 unspecified atom stereocenters. The first-order valence-corrected chi connectivity index (χ1v) is 5.11. The highest BCUT2D eigenvalue weighted by molar-refractivity contribution is 5.95. The molecular weight excluding hydrogens is 196 g/mol. The molecule has 1 aliphatic rings. The first-order valence-electron chi connectivity index (χ1n) is 5.11. The van der Waals surface area contributed by atoms with Gasteiger partial charge in [-0.1, -0.05) is 0 Å². The maximum Gasteiger partial charge on any atom is 0.321 e. The molecule has 0 bridgehead atoms. The van der Waals surface area contributed by atoms with E-state index in [0.29, 0.717) is 0 Å². The van der Waals surface area contributed by atoms with Crippen molar-refractivity contribution in [3.63, 3.8) is 0 Å². The van der Waals surface area contributed by atoms with Crippen LogP contribution in [0.1, 0.15) is 12.8 Å². The number of carbonyl (C=O) groups excluding carboxylic acids is 2. The Bertz CT molecular complexity index is 236. The van der Waals surface area contributed by atoms with Crippen LogP contribution >= 0.6 is 0 Å². The van der Waals surface area contributed by atoms with E-state index in [1.54, 1.807) is 0 Å². The summed E-state index contributed by atoms with van der Waals surface area (Å²) in [7, 11) is 1.47. The molecule has 6 nitrogen and oxygen atoms in total. The molecule has 0 aromatic heterocycles. The second kappa shape index (κ2) is 5.67. The normalized spacial score (nSPS) is 18.5. The molecule has 0 saturated carbocycles. The quantitative estimate of drug-likeness (QED) is 0.542. The number of amides is 3. The number of piperidine rings is 1. The van der Waals surface area contributed by atoms with Gasteiger partial charge in [-0.05, 0) is 12.8 Å². The molecule has 4 N–H and O–H groups in total. The van der Waals surface area contributed by atoms with Crippen molar-refractivity contribution in [2.24, 2.45) is 5.73 Å². The Balaban J connectivity index is 2.23. The number of hydrogen-bond donors (Lipinski definition) is 3. The van der Waals surface area contributed by atoms with Crippen molar-refractivity contribution in [2.75, 3.05) is 26.7 Å². The standard InChI is InChI=1S/C9H18N4O2/c1-11-9(15)12-8(14)6-13-4-2-7(10)3-5-13/h7H,2-6,10H2,1H3,(H2,11,12,14,15). The summed E-state index contributed by atoms with van der Waals surface area (Å²) in [6.45, 7) is 1.91. The van der Waals surface area contributed by atoms with E-state index in [1.807, 2.05) is 4.90 Å². The Morgan fingerprint density at radius 2 is 2.00 bits per heavy atom. The molecule has 15 heavy (non-hydrogen) atoms. The van der Waals surface area contributed by atoms with E-state index in [1.165, 1.54) is 7.05 Å². The molecule has 6 heteroatoms. The van der Waals surface area contributed by atoms with Crippen LogP contribution in [0.4, 0.5) is 4.79 Å². The Kier molecular flexibility index (Phi) is 4.51. The Hall–Kier alpha value is -1.14. The van der Waals surface area contributed by atoms with E-state index >= 15 is 0 Å². The van der Waals surface area contributed by atoms with Crippen molar-refractivity contribution >= 4 is 11.9 Å². The number of rotatable bonds is 2. The van der Waals surface area contributed by atoms with Gasteiger partial charge >= 0.3 is 6.03 Å². The van der Waals surface area contributed by atoms with E-state index in [-0.39, 0.29) is 18.5 Å². The molecule has 0 aromatic carbocycles. The van der Waals surface area contributed by atoms with Crippen LogP contribution in [0.3, 0.4) is 0 Å². The van der Waals surface area contributed by atoms with Crippen LogP contribution in [-0.4, -0.2) is 49.6 Å². The highest BCUT2D eigenvalue weighted by Gasteiger charge is 2.18. The monoisotopic (exact) mass is 214 g/mol. The van der Waals surface area contributed by atoms with Gasteiger partial charge in [0.2, 0.25) is 5.91 Å². The van der Waals surface area contributed by atoms with E-state index in [0.717, 1.165) is 25.9 Å². The maximum atomic E-state index is 11.3. The van der Waals surface area contributed by atoms with Gasteiger partial charge in [-0.2, -0.15) is 0 Å². The predicted molar refractivity (Wildman–Crippen MR) is 56.2 cm³/mol. The van der Waals surface area contributed by atoms with Gasteiger partial charge in [-0.15, -0.1) is 0 Å². The molecule has 1 saturated heterocycles. The summed E-state index contributed by atoms with van der Waals surface area (Å²) >= 11 is 0. The summed E-state index contributed by atoms with van der Waals surface area (Å²) in [6, 6.07) is -0.211. The first-order chi connectivity index (χ1) is 7.11. The van der Waals surface area contributed by atoms with E-state index in [9.17, 15) is 9.59 Å². The number of nitrogens with two attached hydrogens (primary N) is 1. The summed E-state index contributed by atoms with van der Waals surface area (Å²) in [5.74, 6) is -0.273. The van der Waals surface area contributed by atoms with Crippen LogP contribution in [-0.2, 0) is 4.79 Å². The molecule has 1 heterocycles. The summed E-state index contributed by atoms with van der Waals surface area (Å²) in [5.41, 5.74) is 5.74. The molecule has 0 aromatic rings. The van der Waals surface area contributed by atoms with E-state index in [2.05, 4.69) is 10.6 Å². The molecule has 1 aliphatic heterocycles. The molecule has 86 valence electrons. The van der Waals surface area contributed by atoms with Crippen LogP contribution in [0.2, 0.25) is 0 Å². The largest absolute Gasteiger partial charge is 0.341 e. The Morgan fingerprint density at radius 1 is 1.40 bits per heavy atom. The molecular formula is C9H18N4O2. The highest BCUT2D eigenvalue weighted by atomic mass is 16.2. The van der Waals surface area contributed by atoms with Crippen molar-refractivity contribution in [1.29, 1.82) is 0 Å². The third-order valence-electron chi connectivity index (χ3n) is 2.48. The third-order valence-corrected chi connectivity index (χ3v) is 2.48. The van der Waals surface area contributed by atoms with Gasteiger partial charge in [0.25, 0.3) is 0 Å². The third kappa shape index (κ3) is 4.26. The molecule has 0 spiro atoms. The Morgan fingerprint density at radius 3 is 2.53 bits per heavy atom. The fourth-order valence-corrected chi connectivity index (χ4v) is 1.54. The summed E-state index contributed by atoms with van der Waals surface area (Å²) in [4.78, 5) is 24.2. The summed E-state index contributed by atoms with van der Waals surface area (Å²) in [6.07, 6.45) is 1.82. The lowest BCUT2D eigenvalue weighted by Crippen LogP contribution is -2.47.